The number of piperidine rings is 1. The minimum Gasteiger partial charge on any atom is -0.461 e. The molecule has 1 aliphatic rings. The quantitative estimate of drug-likeness (QED) is 0.673. The Balaban J connectivity index is 1.46. The van der Waals surface area contributed by atoms with Crippen molar-refractivity contribution in [3.8, 4) is 0 Å². The van der Waals surface area contributed by atoms with E-state index in [2.05, 4.69) is 40.3 Å². The number of hydrogen-bond donors (Lipinski definition) is 1. The minimum absolute atomic E-state index is 0.000497. The van der Waals surface area contributed by atoms with Gasteiger partial charge < -0.3 is 9.73 Å². The summed E-state index contributed by atoms with van der Waals surface area (Å²) in [6, 6.07) is 14.2. The Labute approximate surface area is 172 Å². The first-order valence-corrected chi connectivity index (χ1v) is 10.6. The molecule has 1 amide bonds. The first kappa shape index (κ1) is 19.6. The lowest BCUT2D eigenvalue weighted by atomic mass is 9.87. The maximum absolute atomic E-state index is 11.8. The second kappa shape index (κ2) is 8.78. The lowest BCUT2D eigenvalue weighted by Crippen LogP contribution is -2.40. The lowest BCUT2D eigenvalue weighted by molar-refractivity contribution is -0.120. The highest BCUT2D eigenvalue weighted by Gasteiger charge is 2.29. The van der Waals surface area contributed by atoms with E-state index < -0.39 is 0 Å². The standard InChI is InChI=1S/C24H29N3O2/c1-3-22-20(19-8-4-5-10-23(19)29-22)16-27-14-11-18(12-15-27)24(26-17(2)28)21-9-6-7-13-25-21/h4-10,13,18,24H,3,11-12,14-16H2,1-2H3,(H,26,28)/t24-/m0/s1. The number of nitrogens with one attached hydrogen (secondary N) is 1. The Morgan fingerprint density at radius 1 is 1.21 bits per heavy atom. The predicted molar refractivity (Wildman–Crippen MR) is 114 cm³/mol. The van der Waals surface area contributed by atoms with E-state index in [1.807, 2.05) is 24.3 Å². The van der Waals surface area contributed by atoms with Gasteiger partial charge in [0.15, 0.2) is 0 Å². The van der Waals surface area contributed by atoms with Crippen molar-refractivity contribution in [1.29, 1.82) is 0 Å². The number of fused-ring (bicyclic) bond motifs is 1. The molecule has 0 unspecified atom stereocenters. The molecular formula is C24H29N3O2. The normalized spacial score (nSPS) is 16.8. The van der Waals surface area contributed by atoms with Gasteiger partial charge in [0, 0.05) is 37.0 Å². The number of rotatable bonds is 6. The van der Waals surface area contributed by atoms with Gasteiger partial charge in [-0.2, -0.15) is 0 Å². The Hall–Kier alpha value is -2.66. The van der Waals surface area contributed by atoms with Crippen molar-refractivity contribution in [2.75, 3.05) is 13.1 Å². The van der Waals surface area contributed by atoms with E-state index >= 15 is 0 Å². The van der Waals surface area contributed by atoms with Crippen LogP contribution < -0.4 is 5.32 Å². The third-order valence-corrected chi connectivity index (χ3v) is 5.95. The molecule has 1 N–H and O–H groups in total. The third kappa shape index (κ3) is 4.35. The summed E-state index contributed by atoms with van der Waals surface area (Å²) in [4.78, 5) is 18.8. The van der Waals surface area contributed by atoms with Gasteiger partial charge in [0.2, 0.25) is 5.91 Å². The SMILES string of the molecule is CCc1oc2ccccc2c1CN1CCC([C@H](NC(C)=O)c2ccccn2)CC1. The molecule has 1 fully saturated rings. The monoisotopic (exact) mass is 391 g/mol. The van der Waals surface area contributed by atoms with Crippen molar-refractivity contribution >= 4 is 16.9 Å². The number of aryl methyl sites for hydroxylation is 1. The molecule has 5 heteroatoms. The first-order valence-electron chi connectivity index (χ1n) is 10.6. The topological polar surface area (TPSA) is 58.4 Å². The molecule has 1 aromatic carbocycles. The summed E-state index contributed by atoms with van der Waals surface area (Å²) >= 11 is 0. The van der Waals surface area contributed by atoms with Crippen LogP contribution in [0.3, 0.4) is 0 Å². The number of carbonyl (C=O) groups is 1. The molecule has 1 atom stereocenters. The highest BCUT2D eigenvalue weighted by Crippen LogP contribution is 2.32. The zero-order valence-electron chi connectivity index (χ0n) is 17.2. The number of amides is 1. The number of carbonyl (C=O) groups excluding carboxylic acids is 1. The molecule has 0 radical (unpaired) electrons. The van der Waals surface area contributed by atoms with Crippen LogP contribution in [0.5, 0.6) is 0 Å². The predicted octanol–water partition coefficient (Wildman–Crippen LogP) is 4.48. The minimum atomic E-state index is -0.0168. The van der Waals surface area contributed by atoms with Gasteiger partial charge in [-0.05, 0) is 50.0 Å². The van der Waals surface area contributed by atoms with Crippen LogP contribution in [0.15, 0.2) is 53.1 Å². The van der Waals surface area contributed by atoms with E-state index in [1.54, 1.807) is 13.1 Å². The summed E-state index contributed by atoms with van der Waals surface area (Å²) in [6.45, 7) is 6.67. The number of benzene rings is 1. The fourth-order valence-electron chi connectivity index (χ4n) is 4.49. The summed E-state index contributed by atoms with van der Waals surface area (Å²) in [5, 5.41) is 4.37. The van der Waals surface area contributed by atoms with Crippen LogP contribution in [0.2, 0.25) is 0 Å². The van der Waals surface area contributed by atoms with Gasteiger partial charge in [-0.3, -0.25) is 14.7 Å². The van der Waals surface area contributed by atoms with Crippen molar-refractivity contribution in [2.24, 2.45) is 5.92 Å². The van der Waals surface area contributed by atoms with Crippen LogP contribution in [-0.2, 0) is 17.8 Å². The van der Waals surface area contributed by atoms with Crippen LogP contribution in [0.25, 0.3) is 11.0 Å². The smallest absolute Gasteiger partial charge is 0.217 e. The molecule has 0 spiro atoms. The maximum Gasteiger partial charge on any atom is 0.217 e. The van der Waals surface area contributed by atoms with Crippen molar-refractivity contribution in [1.82, 2.24) is 15.2 Å². The Kier molecular flexibility index (Phi) is 5.95. The average molecular weight is 392 g/mol. The van der Waals surface area contributed by atoms with E-state index in [4.69, 9.17) is 4.42 Å². The first-order chi connectivity index (χ1) is 14.2. The molecule has 29 heavy (non-hydrogen) atoms. The number of nitrogens with zero attached hydrogens (tertiary/aromatic N) is 2. The van der Waals surface area contributed by atoms with Gasteiger partial charge in [-0.15, -0.1) is 0 Å². The van der Waals surface area contributed by atoms with E-state index in [0.717, 1.165) is 55.9 Å². The van der Waals surface area contributed by atoms with E-state index in [1.165, 1.54) is 10.9 Å². The van der Waals surface area contributed by atoms with Crippen LogP contribution in [0.4, 0.5) is 0 Å². The number of likely N-dealkylation sites (tertiary alicyclic amines) is 1. The van der Waals surface area contributed by atoms with Gasteiger partial charge in [-0.1, -0.05) is 31.2 Å². The summed E-state index contributed by atoms with van der Waals surface area (Å²) in [5.74, 6) is 1.50. The van der Waals surface area contributed by atoms with E-state index in [-0.39, 0.29) is 11.9 Å². The number of para-hydroxylation sites is 1. The second-order valence-corrected chi connectivity index (χ2v) is 7.90. The maximum atomic E-state index is 11.8. The number of aromatic nitrogens is 1. The van der Waals surface area contributed by atoms with E-state index in [0.29, 0.717) is 5.92 Å². The molecule has 1 aliphatic heterocycles. The molecule has 3 heterocycles. The molecule has 152 valence electrons. The highest BCUT2D eigenvalue weighted by molar-refractivity contribution is 5.82. The van der Waals surface area contributed by atoms with Gasteiger partial charge >= 0.3 is 0 Å². The molecule has 0 saturated carbocycles. The molecule has 1 saturated heterocycles. The summed E-state index contributed by atoms with van der Waals surface area (Å²) in [5.41, 5.74) is 3.26. The fraction of sp³-hybridized carbons (Fsp3) is 0.417. The highest BCUT2D eigenvalue weighted by atomic mass is 16.3. The van der Waals surface area contributed by atoms with Crippen molar-refractivity contribution in [3.63, 3.8) is 0 Å². The number of pyridine rings is 1. The molecular weight excluding hydrogens is 362 g/mol. The third-order valence-electron chi connectivity index (χ3n) is 5.95. The van der Waals surface area contributed by atoms with Gasteiger partial charge in [0.05, 0.1) is 11.7 Å². The second-order valence-electron chi connectivity index (χ2n) is 7.90. The van der Waals surface area contributed by atoms with Crippen LogP contribution in [-0.4, -0.2) is 28.9 Å². The van der Waals surface area contributed by atoms with Gasteiger partial charge in [0.1, 0.15) is 11.3 Å². The molecule has 3 aromatic rings. The molecule has 0 bridgehead atoms. The summed E-state index contributed by atoms with van der Waals surface area (Å²) < 4.78 is 6.07. The Bertz CT molecular complexity index is 959. The summed E-state index contributed by atoms with van der Waals surface area (Å²) in [7, 11) is 0. The lowest BCUT2D eigenvalue weighted by Gasteiger charge is -2.36. The van der Waals surface area contributed by atoms with Crippen LogP contribution in [0.1, 0.15) is 49.7 Å². The summed E-state index contributed by atoms with van der Waals surface area (Å²) in [6.07, 6.45) is 4.79. The largest absolute Gasteiger partial charge is 0.461 e. The Morgan fingerprint density at radius 3 is 2.66 bits per heavy atom. The average Bonchev–Trinajstić information content (AvgIpc) is 3.11. The Morgan fingerprint density at radius 2 is 1.97 bits per heavy atom. The van der Waals surface area contributed by atoms with Crippen LogP contribution in [0, 0.1) is 5.92 Å². The van der Waals surface area contributed by atoms with Crippen LogP contribution >= 0.6 is 0 Å². The fourth-order valence-corrected chi connectivity index (χ4v) is 4.49. The van der Waals surface area contributed by atoms with Crippen molar-refractivity contribution in [2.45, 2.75) is 45.7 Å². The molecule has 0 aliphatic carbocycles. The zero-order valence-corrected chi connectivity index (χ0v) is 17.2. The van der Waals surface area contributed by atoms with Crippen molar-refractivity contribution < 1.29 is 9.21 Å². The van der Waals surface area contributed by atoms with Gasteiger partial charge in [0.25, 0.3) is 0 Å². The van der Waals surface area contributed by atoms with Gasteiger partial charge in [-0.25, -0.2) is 0 Å². The number of furan rings is 1. The van der Waals surface area contributed by atoms with Crippen molar-refractivity contribution in [3.05, 3.63) is 65.7 Å². The number of hydrogen-bond acceptors (Lipinski definition) is 4. The molecule has 2 aromatic heterocycles. The molecule has 5 nitrogen and oxygen atoms in total. The zero-order chi connectivity index (χ0) is 20.2. The molecule has 4 rings (SSSR count). The van der Waals surface area contributed by atoms with E-state index in [9.17, 15) is 4.79 Å².